The second-order valence-electron chi connectivity index (χ2n) is 2.90. The van der Waals surface area contributed by atoms with E-state index < -0.39 is 6.67 Å². The van der Waals surface area contributed by atoms with Gasteiger partial charge in [-0.25, -0.2) is 10.3 Å². The predicted molar refractivity (Wildman–Crippen MR) is 51.6 cm³/mol. The van der Waals surface area contributed by atoms with E-state index in [1.54, 1.807) is 12.1 Å². The van der Waals surface area contributed by atoms with Crippen LogP contribution in [0.25, 0.3) is 0 Å². The van der Waals surface area contributed by atoms with Crippen LogP contribution >= 0.6 is 0 Å². The molecule has 0 saturated heterocycles. The number of alkyl halides is 1. The van der Waals surface area contributed by atoms with Crippen molar-refractivity contribution in [3.05, 3.63) is 29.3 Å². The van der Waals surface area contributed by atoms with E-state index in [1.807, 2.05) is 6.07 Å². The van der Waals surface area contributed by atoms with Crippen molar-refractivity contribution >= 4 is 0 Å². The Morgan fingerprint density at radius 3 is 2.79 bits per heavy atom. The lowest BCUT2D eigenvalue weighted by Gasteiger charge is -2.07. The smallest absolute Gasteiger partial charge is 0.124 e. The van der Waals surface area contributed by atoms with Gasteiger partial charge < -0.3 is 9.57 Å². The number of halogens is 1. The van der Waals surface area contributed by atoms with Crippen molar-refractivity contribution in [3.63, 3.8) is 0 Å². The first-order valence-electron chi connectivity index (χ1n) is 4.35. The second-order valence-corrected chi connectivity index (χ2v) is 2.90. The minimum atomic E-state index is -0.527. The van der Waals surface area contributed by atoms with E-state index in [-0.39, 0.29) is 0 Å². The van der Waals surface area contributed by atoms with Gasteiger partial charge in [-0.15, -0.1) is 0 Å². The lowest BCUT2D eigenvalue weighted by molar-refractivity contribution is 0.141. The molecule has 0 atom stereocenters. The first-order valence-corrected chi connectivity index (χ1v) is 4.35. The van der Waals surface area contributed by atoms with Crippen LogP contribution in [-0.4, -0.2) is 13.7 Å². The molecule has 0 aliphatic carbocycles. The summed E-state index contributed by atoms with van der Waals surface area (Å²) in [5, 5.41) is 0. The van der Waals surface area contributed by atoms with Crippen LogP contribution in [0.15, 0.2) is 18.2 Å². The van der Waals surface area contributed by atoms with Gasteiger partial charge in [-0.3, -0.25) is 0 Å². The van der Waals surface area contributed by atoms with Crippen molar-refractivity contribution in [2.45, 2.75) is 13.1 Å². The Hall–Kier alpha value is -1.13. The van der Waals surface area contributed by atoms with Gasteiger partial charge in [-0.1, -0.05) is 6.07 Å². The highest BCUT2D eigenvalue weighted by atomic mass is 19.1. The third-order valence-corrected chi connectivity index (χ3v) is 2.00. The Balaban J connectivity index is 2.79. The first kappa shape index (κ1) is 10.9. The molecule has 0 fully saturated rings. The molecule has 78 valence electrons. The van der Waals surface area contributed by atoms with Gasteiger partial charge in [0.05, 0.1) is 13.7 Å². The van der Waals surface area contributed by atoms with Crippen LogP contribution < -0.4 is 10.6 Å². The lowest BCUT2D eigenvalue weighted by atomic mass is 10.1. The molecule has 2 N–H and O–H groups in total. The second kappa shape index (κ2) is 5.57. The van der Waals surface area contributed by atoms with Crippen LogP contribution in [0.1, 0.15) is 11.1 Å². The Labute approximate surface area is 82.6 Å². The third-order valence-electron chi connectivity index (χ3n) is 2.00. The van der Waals surface area contributed by atoms with Gasteiger partial charge in [-0.2, -0.15) is 0 Å². The summed E-state index contributed by atoms with van der Waals surface area (Å²) in [6, 6.07) is 5.38. The number of hydrogen-bond donors (Lipinski definition) is 1. The Morgan fingerprint density at radius 2 is 2.21 bits per heavy atom. The third kappa shape index (κ3) is 2.68. The summed E-state index contributed by atoms with van der Waals surface area (Å²) >= 11 is 0. The highest BCUT2D eigenvalue weighted by Crippen LogP contribution is 2.20. The summed E-state index contributed by atoms with van der Waals surface area (Å²) in [5.41, 5.74) is 1.55. The summed E-state index contributed by atoms with van der Waals surface area (Å²) in [4.78, 5) is 4.45. The molecule has 0 aromatic heterocycles. The van der Waals surface area contributed by atoms with E-state index in [0.717, 1.165) is 5.56 Å². The zero-order valence-corrected chi connectivity index (χ0v) is 8.13. The summed E-state index contributed by atoms with van der Waals surface area (Å²) in [5.74, 6) is 5.48. The van der Waals surface area contributed by atoms with Gasteiger partial charge in [0.2, 0.25) is 0 Å². The van der Waals surface area contributed by atoms with Crippen molar-refractivity contribution in [1.29, 1.82) is 0 Å². The normalized spacial score (nSPS) is 10.2. The summed E-state index contributed by atoms with van der Waals surface area (Å²) in [7, 11) is 1.52. The number of ether oxygens (including phenoxy) is 1. The highest BCUT2D eigenvalue weighted by molar-refractivity contribution is 5.36. The molecular weight excluding hydrogens is 185 g/mol. The zero-order chi connectivity index (χ0) is 10.4. The molecule has 0 bridgehead atoms. The minimum Gasteiger partial charge on any atom is -0.496 e. The van der Waals surface area contributed by atoms with E-state index in [9.17, 15) is 4.39 Å². The minimum absolute atomic E-state index is 0.429. The van der Waals surface area contributed by atoms with E-state index in [0.29, 0.717) is 24.3 Å². The molecule has 0 unspecified atom stereocenters. The van der Waals surface area contributed by atoms with E-state index in [2.05, 4.69) is 4.84 Å². The predicted octanol–water partition coefficient (Wildman–Crippen LogP) is 1.60. The highest BCUT2D eigenvalue weighted by Gasteiger charge is 2.03. The van der Waals surface area contributed by atoms with E-state index in [4.69, 9.17) is 10.6 Å². The Bertz CT molecular complexity index is 291. The zero-order valence-electron chi connectivity index (χ0n) is 8.13. The molecule has 1 rings (SSSR count). The fourth-order valence-electron chi connectivity index (χ4n) is 1.27. The lowest BCUT2D eigenvalue weighted by Crippen LogP contribution is -2.04. The number of hydrogen-bond acceptors (Lipinski definition) is 3. The summed E-state index contributed by atoms with van der Waals surface area (Å²) in [6.45, 7) is -0.0987. The topological polar surface area (TPSA) is 44.5 Å². The summed E-state index contributed by atoms with van der Waals surface area (Å²) in [6.07, 6.45) is 0.674. The van der Waals surface area contributed by atoms with Crippen LogP contribution in [0.3, 0.4) is 0 Å². The fourth-order valence-corrected chi connectivity index (χ4v) is 1.27. The monoisotopic (exact) mass is 199 g/mol. The van der Waals surface area contributed by atoms with Gasteiger partial charge >= 0.3 is 0 Å². The molecule has 1 aromatic rings. The molecule has 0 heterocycles. The Morgan fingerprint density at radius 1 is 1.43 bits per heavy atom. The maximum atomic E-state index is 12.5. The fraction of sp³-hybridized carbons (Fsp3) is 0.400. The van der Waals surface area contributed by atoms with Crippen molar-refractivity contribution < 1.29 is 14.0 Å². The first-order chi connectivity index (χ1) is 6.81. The quantitative estimate of drug-likeness (QED) is 0.732. The van der Waals surface area contributed by atoms with Gasteiger partial charge in [0, 0.05) is 5.56 Å². The van der Waals surface area contributed by atoms with E-state index >= 15 is 0 Å². The van der Waals surface area contributed by atoms with Crippen molar-refractivity contribution in [2.24, 2.45) is 5.90 Å². The summed E-state index contributed by atoms with van der Waals surface area (Å²) < 4.78 is 17.5. The number of benzene rings is 1. The van der Waals surface area contributed by atoms with Gasteiger partial charge in [0.25, 0.3) is 0 Å². The van der Waals surface area contributed by atoms with Crippen molar-refractivity contribution in [2.75, 3.05) is 13.7 Å². The molecule has 0 spiro atoms. The standard InChI is InChI=1S/C10H14FNO2/c1-13-10-3-2-8(4-5-14-12)6-9(10)7-11/h2-3,6H,4-5,7,12H2,1H3. The molecule has 0 radical (unpaired) electrons. The average Bonchev–Trinajstić information content (AvgIpc) is 2.25. The molecule has 4 heteroatoms. The molecule has 0 amide bonds. The van der Waals surface area contributed by atoms with Gasteiger partial charge in [0.1, 0.15) is 12.4 Å². The Kier molecular flexibility index (Phi) is 4.35. The maximum absolute atomic E-state index is 12.5. The SMILES string of the molecule is COc1ccc(CCON)cc1CF. The largest absolute Gasteiger partial charge is 0.496 e. The van der Waals surface area contributed by atoms with E-state index in [1.165, 1.54) is 7.11 Å². The molecule has 0 saturated carbocycles. The average molecular weight is 199 g/mol. The van der Waals surface area contributed by atoms with Crippen molar-refractivity contribution in [3.8, 4) is 5.75 Å². The molecule has 0 aliphatic rings. The molecule has 0 aliphatic heterocycles. The number of methoxy groups -OCH3 is 1. The molecule has 1 aromatic carbocycles. The van der Waals surface area contributed by atoms with Crippen LogP contribution in [0.5, 0.6) is 5.75 Å². The van der Waals surface area contributed by atoms with Crippen molar-refractivity contribution in [1.82, 2.24) is 0 Å². The number of rotatable bonds is 5. The van der Waals surface area contributed by atoms with Gasteiger partial charge in [0.15, 0.2) is 0 Å². The van der Waals surface area contributed by atoms with Crippen LogP contribution in [0, 0.1) is 0 Å². The van der Waals surface area contributed by atoms with Crippen LogP contribution in [-0.2, 0) is 17.9 Å². The maximum Gasteiger partial charge on any atom is 0.124 e. The van der Waals surface area contributed by atoms with Gasteiger partial charge in [-0.05, 0) is 24.1 Å². The van der Waals surface area contributed by atoms with Crippen LogP contribution in [0.2, 0.25) is 0 Å². The molecule has 14 heavy (non-hydrogen) atoms. The molecular formula is C10H14FNO2. The molecule has 3 nitrogen and oxygen atoms in total. The number of nitrogens with two attached hydrogens (primary N) is 1. The van der Waals surface area contributed by atoms with Crippen LogP contribution in [0.4, 0.5) is 4.39 Å².